The first-order valence-electron chi connectivity index (χ1n) is 8.44. The molecule has 0 bridgehead atoms. The van der Waals surface area contributed by atoms with Gasteiger partial charge in [-0.15, -0.1) is 0 Å². The first-order valence-corrected chi connectivity index (χ1v) is 8.44. The molecule has 1 fully saturated rings. The summed E-state index contributed by atoms with van der Waals surface area (Å²) in [6.45, 7) is 6.96. The fourth-order valence-corrected chi connectivity index (χ4v) is 3.25. The number of aliphatic hydroxyl groups is 1. The molecule has 1 N–H and O–H groups in total. The third kappa shape index (κ3) is 5.56. The number of likely N-dealkylation sites (tertiary alicyclic amines) is 1. The molecule has 0 amide bonds. The van der Waals surface area contributed by atoms with Crippen molar-refractivity contribution < 1.29 is 5.11 Å². The summed E-state index contributed by atoms with van der Waals surface area (Å²) in [5.74, 6) is 0. The summed E-state index contributed by atoms with van der Waals surface area (Å²) in [5.41, 5.74) is 2.72. The van der Waals surface area contributed by atoms with Crippen LogP contribution in [0.15, 0.2) is 35.9 Å². The first kappa shape index (κ1) is 17.2. The average Bonchev–Trinajstić information content (AvgIpc) is 2.54. The van der Waals surface area contributed by atoms with Crippen LogP contribution in [0.1, 0.15) is 31.7 Å². The summed E-state index contributed by atoms with van der Waals surface area (Å²) < 4.78 is 0. The van der Waals surface area contributed by atoms with Gasteiger partial charge in [-0.05, 0) is 51.9 Å². The van der Waals surface area contributed by atoms with Crippen molar-refractivity contribution in [2.45, 2.75) is 32.2 Å². The van der Waals surface area contributed by atoms with Gasteiger partial charge in [-0.3, -0.25) is 4.90 Å². The fourth-order valence-electron chi connectivity index (χ4n) is 3.25. The topological polar surface area (TPSA) is 26.7 Å². The van der Waals surface area contributed by atoms with E-state index in [1.54, 1.807) is 0 Å². The lowest BCUT2D eigenvalue weighted by Crippen LogP contribution is -2.44. The van der Waals surface area contributed by atoms with Gasteiger partial charge in [0, 0.05) is 25.7 Å². The first-order chi connectivity index (χ1) is 10.7. The Kier molecular flexibility index (Phi) is 7.10. The Balaban J connectivity index is 1.76. The molecule has 0 saturated carbocycles. The van der Waals surface area contributed by atoms with E-state index in [9.17, 15) is 0 Å². The maximum absolute atomic E-state index is 8.93. The zero-order valence-corrected chi connectivity index (χ0v) is 14.0. The van der Waals surface area contributed by atoms with Crippen LogP contribution in [0.5, 0.6) is 0 Å². The second kappa shape index (κ2) is 9.09. The lowest BCUT2D eigenvalue weighted by molar-refractivity contribution is 0.127. The van der Waals surface area contributed by atoms with Crippen molar-refractivity contribution in [2.24, 2.45) is 0 Å². The van der Waals surface area contributed by atoms with E-state index in [1.807, 2.05) is 0 Å². The molecule has 1 aliphatic rings. The Morgan fingerprint density at radius 1 is 1.27 bits per heavy atom. The van der Waals surface area contributed by atoms with E-state index in [1.165, 1.54) is 37.1 Å². The quantitative estimate of drug-likeness (QED) is 0.839. The number of rotatable bonds is 7. The monoisotopic (exact) mass is 302 g/mol. The van der Waals surface area contributed by atoms with E-state index in [0.29, 0.717) is 12.6 Å². The normalized spacial score (nSPS) is 18.1. The van der Waals surface area contributed by atoms with Crippen LogP contribution >= 0.6 is 0 Å². The minimum absolute atomic E-state index is 0.298. The standard InChI is InChI=1S/C19H30N2O/c1-17(15-18-7-4-3-5-8-18)16-21-12-9-19(10-13-21)20(2)11-6-14-22/h3-5,7-8,15,19,22H,6,9-14,16H2,1-2H3/b17-15+. The lowest BCUT2D eigenvalue weighted by Gasteiger charge is -2.36. The van der Waals surface area contributed by atoms with Crippen LogP contribution in [-0.2, 0) is 0 Å². The van der Waals surface area contributed by atoms with Gasteiger partial charge in [0.25, 0.3) is 0 Å². The van der Waals surface area contributed by atoms with Crippen LogP contribution in [0.3, 0.4) is 0 Å². The smallest absolute Gasteiger partial charge is 0.0443 e. The van der Waals surface area contributed by atoms with Gasteiger partial charge in [0.2, 0.25) is 0 Å². The van der Waals surface area contributed by atoms with E-state index >= 15 is 0 Å². The third-order valence-corrected chi connectivity index (χ3v) is 4.54. The Hall–Kier alpha value is -1.16. The van der Waals surface area contributed by atoms with Crippen LogP contribution in [0.25, 0.3) is 6.08 Å². The van der Waals surface area contributed by atoms with E-state index < -0.39 is 0 Å². The molecule has 122 valence electrons. The van der Waals surface area contributed by atoms with Gasteiger partial charge in [-0.2, -0.15) is 0 Å². The van der Waals surface area contributed by atoms with Crippen LogP contribution in [-0.4, -0.2) is 60.8 Å². The number of nitrogens with zero attached hydrogens (tertiary/aromatic N) is 2. The summed E-state index contributed by atoms with van der Waals surface area (Å²) in [7, 11) is 2.19. The summed E-state index contributed by atoms with van der Waals surface area (Å²) in [5, 5.41) is 8.93. The number of aliphatic hydroxyl groups excluding tert-OH is 1. The second-order valence-electron chi connectivity index (χ2n) is 6.47. The molecular formula is C19H30N2O. The molecular weight excluding hydrogens is 272 g/mol. The predicted octanol–water partition coefficient (Wildman–Crippen LogP) is 2.87. The minimum Gasteiger partial charge on any atom is -0.396 e. The van der Waals surface area contributed by atoms with Gasteiger partial charge < -0.3 is 10.0 Å². The average molecular weight is 302 g/mol. The zero-order valence-electron chi connectivity index (χ0n) is 14.0. The molecule has 0 unspecified atom stereocenters. The SMILES string of the molecule is C/C(=C\c1ccccc1)CN1CCC(N(C)CCCO)CC1. The van der Waals surface area contributed by atoms with Crippen molar-refractivity contribution in [2.75, 3.05) is 39.8 Å². The lowest BCUT2D eigenvalue weighted by atomic mass is 10.0. The van der Waals surface area contributed by atoms with Crippen molar-refractivity contribution in [1.29, 1.82) is 0 Å². The van der Waals surface area contributed by atoms with Crippen molar-refractivity contribution in [3.8, 4) is 0 Å². The Labute approximate surface area is 135 Å². The van der Waals surface area contributed by atoms with E-state index in [2.05, 4.69) is 60.2 Å². The van der Waals surface area contributed by atoms with Gasteiger partial charge in [-0.25, -0.2) is 0 Å². The Morgan fingerprint density at radius 3 is 2.59 bits per heavy atom. The molecule has 0 aliphatic carbocycles. The van der Waals surface area contributed by atoms with Crippen molar-refractivity contribution in [1.82, 2.24) is 9.80 Å². The summed E-state index contributed by atoms with van der Waals surface area (Å²) in [4.78, 5) is 4.98. The molecule has 1 saturated heterocycles. The summed E-state index contributed by atoms with van der Waals surface area (Å²) in [6.07, 6.45) is 5.65. The highest BCUT2D eigenvalue weighted by Gasteiger charge is 2.21. The van der Waals surface area contributed by atoms with E-state index in [4.69, 9.17) is 5.11 Å². The van der Waals surface area contributed by atoms with Crippen molar-refractivity contribution in [3.05, 3.63) is 41.5 Å². The predicted molar refractivity (Wildman–Crippen MR) is 93.9 cm³/mol. The molecule has 1 aromatic carbocycles. The third-order valence-electron chi connectivity index (χ3n) is 4.54. The largest absolute Gasteiger partial charge is 0.396 e. The summed E-state index contributed by atoms with van der Waals surface area (Å²) >= 11 is 0. The number of piperidine rings is 1. The minimum atomic E-state index is 0.298. The number of hydrogen-bond donors (Lipinski definition) is 1. The molecule has 1 aromatic rings. The van der Waals surface area contributed by atoms with Gasteiger partial charge in [0.05, 0.1) is 0 Å². The highest BCUT2D eigenvalue weighted by Crippen LogP contribution is 2.17. The molecule has 22 heavy (non-hydrogen) atoms. The van der Waals surface area contributed by atoms with Crippen LogP contribution in [0, 0.1) is 0 Å². The molecule has 1 aliphatic heterocycles. The molecule has 0 spiro atoms. The molecule has 1 heterocycles. The Morgan fingerprint density at radius 2 is 1.95 bits per heavy atom. The van der Waals surface area contributed by atoms with Gasteiger partial charge in [0.15, 0.2) is 0 Å². The van der Waals surface area contributed by atoms with Crippen LogP contribution in [0.4, 0.5) is 0 Å². The molecule has 3 heteroatoms. The summed E-state index contributed by atoms with van der Waals surface area (Å²) in [6, 6.07) is 11.2. The Bertz CT molecular complexity index is 450. The van der Waals surface area contributed by atoms with E-state index in [0.717, 1.165) is 19.5 Å². The molecule has 0 radical (unpaired) electrons. The highest BCUT2D eigenvalue weighted by atomic mass is 16.3. The van der Waals surface area contributed by atoms with E-state index in [-0.39, 0.29) is 0 Å². The molecule has 0 aromatic heterocycles. The maximum Gasteiger partial charge on any atom is 0.0443 e. The van der Waals surface area contributed by atoms with Gasteiger partial charge in [-0.1, -0.05) is 42.0 Å². The second-order valence-corrected chi connectivity index (χ2v) is 6.47. The maximum atomic E-state index is 8.93. The van der Waals surface area contributed by atoms with Crippen LogP contribution < -0.4 is 0 Å². The number of hydrogen-bond acceptors (Lipinski definition) is 3. The fraction of sp³-hybridized carbons (Fsp3) is 0.579. The van der Waals surface area contributed by atoms with Gasteiger partial charge >= 0.3 is 0 Å². The number of benzene rings is 1. The van der Waals surface area contributed by atoms with Crippen molar-refractivity contribution in [3.63, 3.8) is 0 Å². The van der Waals surface area contributed by atoms with Crippen molar-refractivity contribution >= 4 is 6.08 Å². The zero-order chi connectivity index (χ0) is 15.8. The molecule has 3 nitrogen and oxygen atoms in total. The molecule has 2 rings (SSSR count). The molecule has 0 atom stereocenters. The van der Waals surface area contributed by atoms with Gasteiger partial charge in [0.1, 0.15) is 0 Å². The highest BCUT2D eigenvalue weighted by molar-refractivity contribution is 5.52. The van der Waals surface area contributed by atoms with Crippen LogP contribution in [0.2, 0.25) is 0 Å².